The number of hydrogen-bond acceptors (Lipinski definition) is 9. The summed E-state index contributed by atoms with van der Waals surface area (Å²) in [5, 5.41) is 9.03. The molecule has 1 aliphatic rings. The molecule has 0 bridgehead atoms. The number of nitrogens with two attached hydrogens (primary N) is 1. The summed E-state index contributed by atoms with van der Waals surface area (Å²) in [7, 11) is 0. The molecule has 1 aliphatic heterocycles. The van der Waals surface area contributed by atoms with E-state index in [9.17, 15) is 4.79 Å². The Labute approximate surface area is 182 Å². The molecule has 1 unspecified atom stereocenters. The lowest BCUT2D eigenvalue weighted by molar-refractivity contribution is -0.138. The Morgan fingerprint density at radius 3 is 1.61 bits per heavy atom. The van der Waals surface area contributed by atoms with Gasteiger partial charge in [0.15, 0.2) is 11.5 Å². The minimum absolute atomic E-state index is 0.187. The van der Waals surface area contributed by atoms with Crippen molar-refractivity contribution in [3.63, 3.8) is 0 Å². The lowest BCUT2D eigenvalue weighted by Gasteiger charge is -2.15. The van der Waals surface area contributed by atoms with Gasteiger partial charge in [0.05, 0.1) is 66.1 Å². The Hall–Kier alpha value is -1.95. The highest BCUT2D eigenvalue weighted by atomic mass is 16.6. The van der Waals surface area contributed by atoms with Gasteiger partial charge in [0.1, 0.15) is 19.3 Å². The second-order valence-electron chi connectivity index (χ2n) is 6.69. The van der Waals surface area contributed by atoms with E-state index in [1.165, 1.54) is 0 Å². The highest BCUT2D eigenvalue weighted by Crippen LogP contribution is 2.29. The SMILES string of the molecule is NC(Cc1ccc2c(c1)OCCOCCOCCOCCOCCOCCO2)C(=O)O. The summed E-state index contributed by atoms with van der Waals surface area (Å²) in [5.74, 6) is -0.0124. The Morgan fingerprint density at radius 1 is 0.742 bits per heavy atom. The van der Waals surface area contributed by atoms with Crippen LogP contribution in [0.1, 0.15) is 5.56 Å². The van der Waals surface area contributed by atoms with E-state index in [1.807, 2.05) is 0 Å². The Bertz CT molecular complexity index is 629. The van der Waals surface area contributed by atoms with E-state index in [0.29, 0.717) is 90.8 Å². The molecule has 0 spiro atoms. The van der Waals surface area contributed by atoms with Gasteiger partial charge in [-0.25, -0.2) is 0 Å². The molecule has 1 aromatic rings. The quantitative estimate of drug-likeness (QED) is 0.681. The predicted octanol–water partition coefficient (Wildman–Crippen LogP) is 0.495. The van der Waals surface area contributed by atoms with Crippen molar-refractivity contribution in [3.8, 4) is 11.5 Å². The molecule has 10 nitrogen and oxygen atoms in total. The van der Waals surface area contributed by atoms with Crippen molar-refractivity contribution in [1.29, 1.82) is 0 Å². The molecule has 1 aromatic carbocycles. The van der Waals surface area contributed by atoms with Gasteiger partial charge in [0, 0.05) is 0 Å². The van der Waals surface area contributed by atoms with Crippen LogP contribution < -0.4 is 15.2 Å². The van der Waals surface area contributed by atoms with Gasteiger partial charge in [-0.15, -0.1) is 0 Å². The van der Waals surface area contributed by atoms with Crippen LogP contribution in [0.3, 0.4) is 0 Å². The highest BCUT2D eigenvalue weighted by Gasteiger charge is 2.14. The second-order valence-corrected chi connectivity index (χ2v) is 6.69. The minimum atomic E-state index is -1.05. The molecule has 1 heterocycles. The van der Waals surface area contributed by atoms with Gasteiger partial charge >= 0.3 is 5.97 Å². The molecule has 0 aromatic heterocycles. The van der Waals surface area contributed by atoms with Crippen molar-refractivity contribution in [2.24, 2.45) is 5.73 Å². The third-order valence-corrected chi connectivity index (χ3v) is 4.24. The fourth-order valence-corrected chi connectivity index (χ4v) is 2.66. The number of hydrogen-bond donors (Lipinski definition) is 2. The maximum atomic E-state index is 11.0. The van der Waals surface area contributed by atoms with E-state index in [4.69, 9.17) is 44.0 Å². The summed E-state index contributed by atoms with van der Waals surface area (Å²) in [6, 6.07) is 4.27. The van der Waals surface area contributed by atoms with Crippen molar-refractivity contribution in [2.75, 3.05) is 79.3 Å². The molecule has 10 heteroatoms. The maximum Gasteiger partial charge on any atom is 0.320 e. The summed E-state index contributed by atoms with van der Waals surface area (Å²) >= 11 is 0. The number of fused-ring (bicyclic) bond motifs is 1. The van der Waals surface area contributed by atoms with Crippen LogP contribution in [0.25, 0.3) is 0 Å². The van der Waals surface area contributed by atoms with Crippen LogP contribution >= 0.6 is 0 Å². The third-order valence-electron chi connectivity index (χ3n) is 4.24. The van der Waals surface area contributed by atoms with E-state index in [-0.39, 0.29) is 6.42 Å². The summed E-state index contributed by atoms with van der Waals surface area (Å²) in [6.07, 6.45) is 0.187. The second kappa shape index (κ2) is 15.8. The smallest absolute Gasteiger partial charge is 0.320 e. The lowest BCUT2D eigenvalue weighted by Crippen LogP contribution is -2.32. The van der Waals surface area contributed by atoms with Crippen LogP contribution in [-0.2, 0) is 34.9 Å². The summed E-state index contributed by atoms with van der Waals surface area (Å²) in [6.45, 7) is 5.27. The number of benzene rings is 1. The van der Waals surface area contributed by atoms with Crippen LogP contribution in [0.2, 0.25) is 0 Å². The first-order chi connectivity index (χ1) is 15.2. The van der Waals surface area contributed by atoms with E-state index >= 15 is 0 Å². The molecule has 31 heavy (non-hydrogen) atoms. The summed E-state index contributed by atoms with van der Waals surface area (Å²) in [5.41, 5.74) is 6.38. The lowest BCUT2D eigenvalue weighted by atomic mass is 10.1. The molecule has 0 saturated carbocycles. The van der Waals surface area contributed by atoms with Crippen LogP contribution in [0.4, 0.5) is 0 Å². The minimum Gasteiger partial charge on any atom is -0.487 e. The van der Waals surface area contributed by atoms with Gasteiger partial charge in [0.25, 0.3) is 0 Å². The van der Waals surface area contributed by atoms with Gasteiger partial charge in [-0.1, -0.05) is 6.07 Å². The normalized spacial score (nSPS) is 19.6. The molecule has 0 fully saturated rings. The van der Waals surface area contributed by atoms with Crippen LogP contribution in [-0.4, -0.2) is 96.4 Å². The first-order valence-electron chi connectivity index (χ1n) is 10.4. The number of carbonyl (C=O) groups is 1. The van der Waals surface area contributed by atoms with E-state index in [2.05, 4.69) is 0 Å². The average Bonchev–Trinajstić information content (AvgIpc) is 2.75. The zero-order valence-electron chi connectivity index (χ0n) is 17.8. The molecule has 0 aliphatic carbocycles. The van der Waals surface area contributed by atoms with Gasteiger partial charge in [-0.2, -0.15) is 0 Å². The number of aliphatic carboxylic acids is 1. The average molecular weight is 443 g/mol. The first kappa shape index (κ1) is 25.3. The van der Waals surface area contributed by atoms with Crippen molar-refractivity contribution in [3.05, 3.63) is 23.8 Å². The zero-order valence-corrected chi connectivity index (χ0v) is 17.8. The van der Waals surface area contributed by atoms with Crippen LogP contribution in [0, 0.1) is 0 Å². The molecule has 0 radical (unpaired) electrons. The van der Waals surface area contributed by atoms with Crippen molar-refractivity contribution in [1.82, 2.24) is 0 Å². The predicted molar refractivity (Wildman–Crippen MR) is 111 cm³/mol. The Balaban J connectivity index is 1.91. The molecule has 1 atom stereocenters. The van der Waals surface area contributed by atoms with Gasteiger partial charge in [-0.05, 0) is 24.1 Å². The topological polar surface area (TPSA) is 128 Å². The largest absolute Gasteiger partial charge is 0.487 e. The number of ether oxygens (including phenoxy) is 7. The number of rotatable bonds is 3. The summed E-state index contributed by atoms with van der Waals surface area (Å²) in [4.78, 5) is 11.0. The van der Waals surface area contributed by atoms with E-state index < -0.39 is 12.0 Å². The van der Waals surface area contributed by atoms with Crippen LogP contribution in [0.5, 0.6) is 11.5 Å². The van der Waals surface area contributed by atoms with Crippen molar-refractivity contribution < 1.29 is 43.1 Å². The van der Waals surface area contributed by atoms with E-state index in [0.717, 1.165) is 5.56 Å². The molecule has 0 saturated heterocycles. The van der Waals surface area contributed by atoms with Crippen LogP contribution in [0.15, 0.2) is 18.2 Å². The molecule has 0 amide bonds. The third kappa shape index (κ3) is 11.3. The standard InChI is InChI=1S/C21H33NO9/c22-18(21(23)24)15-17-1-2-19-20(16-17)31-14-12-29-10-8-27-6-4-25-3-5-26-7-9-28-11-13-30-19/h1-2,16,18H,3-15,22H2,(H,23,24). The molecule has 176 valence electrons. The Kier molecular flexibility index (Phi) is 12.9. The van der Waals surface area contributed by atoms with Crippen molar-refractivity contribution in [2.45, 2.75) is 12.5 Å². The van der Waals surface area contributed by atoms with Gasteiger partial charge < -0.3 is 44.0 Å². The fraction of sp³-hybridized carbons (Fsp3) is 0.667. The number of carboxylic acid groups (broad SMARTS) is 1. The first-order valence-corrected chi connectivity index (χ1v) is 10.4. The molecular formula is C21H33NO9. The number of carboxylic acids is 1. The maximum absolute atomic E-state index is 11.0. The zero-order chi connectivity index (χ0) is 22.2. The van der Waals surface area contributed by atoms with Gasteiger partial charge in [-0.3, -0.25) is 4.79 Å². The Morgan fingerprint density at radius 2 is 1.16 bits per heavy atom. The monoisotopic (exact) mass is 443 g/mol. The highest BCUT2D eigenvalue weighted by molar-refractivity contribution is 5.73. The van der Waals surface area contributed by atoms with Gasteiger partial charge in [0.2, 0.25) is 0 Å². The summed E-state index contributed by atoms with van der Waals surface area (Å²) < 4.78 is 38.8. The molecule has 3 N–H and O–H groups in total. The van der Waals surface area contributed by atoms with E-state index in [1.54, 1.807) is 18.2 Å². The fourth-order valence-electron chi connectivity index (χ4n) is 2.66. The molecule has 2 rings (SSSR count). The molecular weight excluding hydrogens is 410 g/mol. The van der Waals surface area contributed by atoms with Crippen molar-refractivity contribution >= 4 is 5.97 Å².